The third kappa shape index (κ3) is 5.14. The van der Waals surface area contributed by atoms with Crippen molar-refractivity contribution < 1.29 is 32.7 Å². The Balaban J connectivity index is 0.000000360. The number of benzene rings is 2. The topological polar surface area (TPSA) is 108 Å². The lowest BCUT2D eigenvalue weighted by Gasteiger charge is -2.25. The molecular weight excluding hydrogens is 451 g/mol. The van der Waals surface area contributed by atoms with Crippen molar-refractivity contribution in [2.75, 3.05) is 11.9 Å². The van der Waals surface area contributed by atoms with Crippen LogP contribution >= 0.6 is 11.6 Å². The fraction of sp³-hybridized carbons (Fsp3) is 0.143. The second kappa shape index (κ2) is 9.23. The van der Waals surface area contributed by atoms with Crippen LogP contribution in [0.1, 0.15) is 21.8 Å². The Hall–Kier alpha value is -3.66. The highest BCUT2D eigenvalue weighted by Crippen LogP contribution is 2.29. The molecule has 2 aromatic carbocycles. The number of carbonyl (C=O) groups is 3. The van der Waals surface area contributed by atoms with E-state index < -0.39 is 18.1 Å². The van der Waals surface area contributed by atoms with Crippen LogP contribution in [0.15, 0.2) is 54.9 Å². The van der Waals surface area contributed by atoms with Crippen molar-refractivity contribution in [3.8, 4) is 0 Å². The maximum Gasteiger partial charge on any atom is 0.490 e. The zero-order valence-electron chi connectivity index (χ0n) is 16.1. The molecule has 11 heteroatoms. The number of carbonyl (C=O) groups excluding carboxylic acids is 2. The summed E-state index contributed by atoms with van der Waals surface area (Å²) in [5, 5.41) is 15.2. The number of hydrogen-bond acceptors (Lipinski definition) is 4. The van der Waals surface area contributed by atoms with Gasteiger partial charge in [-0.2, -0.15) is 13.2 Å². The summed E-state index contributed by atoms with van der Waals surface area (Å²) >= 11 is 6.06. The zero-order chi connectivity index (χ0) is 23.5. The van der Waals surface area contributed by atoms with Crippen molar-refractivity contribution in [1.82, 2.24) is 10.3 Å². The third-order valence-corrected chi connectivity index (χ3v) is 4.82. The Morgan fingerprint density at radius 3 is 2.53 bits per heavy atom. The lowest BCUT2D eigenvalue weighted by atomic mass is 9.89. The summed E-state index contributed by atoms with van der Waals surface area (Å²) in [6.45, 7) is 0.232. The number of aliphatic carboxylic acids is 1. The summed E-state index contributed by atoms with van der Waals surface area (Å²) in [5.74, 6) is -3.66. The Labute approximate surface area is 184 Å². The largest absolute Gasteiger partial charge is 0.490 e. The number of nitrogens with one attached hydrogen (secondary N) is 2. The summed E-state index contributed by atoms with van der Waals surface area (Å²) in [5.41, 5.74) is 1.76. The lowest BCUT2D eigenvalue weighted by molar-refractivity contribution is -0.192. The predicted molar refractivity (Wildman–Crippen MR) is 111 cm³/mol. The van der Waals surface area contributed by atoms with E-state index in [1.54, 1.807) is 30.6 Å². The van der Waals surface area contributed by atoms with E-state index in [2.05, 4.69) is 15.6 Å². The average Bonchev–Trinajstić information content (AvgIpc) is 2.74. The fourth-order valence-electron chi connectivity index (χ4n) is 3.10. The second-order valence-corrected chi connectivity index (χ2v) is 7.13. The highest BCUT2D eigenvalue weighted by atomic mass is 35.5. The first kappa shape index (κ1) is 23.0. The normalized spacial score (nSPS) is 15.1. The number of aromatic nitrogens is 1. The molecule has 0 aliphatic carbocycles. The van der Waals surface area contributed by atoms with Crippen LogP contribution in [0.3, 0.4) is 0 Å². The van der Waals surface area contributed by atoms with Crippen molar-refractivity contribution in [3.05, 3.63) is 71.0 Å². The Morgan fingerprint density at radius 2 is 1.84 bits per heavy atom. The van der Waals surface area contributed by atoms with E-state index in [0.717, 1.165) is 10.8 Å². The van der Waals surface area contributed by atoms with Gasteiger partial charge < -0.3 is 15.7 Å². The van der Waals surface area contributed by atoms with Crippen LogP contribution in [0.2, 0.25) is 5.02 Å². The first-order chi connectivity index (χ1) is 15.1. The Bertz CT molecular complexity index is 1200. The number of carboxylic acids is 1. The third-order valence-electron chi connectivity index (χ3n) is 4.59. The molecule has 3 aromatic rings. The van der Waals surface area contributed by atoms with Crippen LogP contribution in [0.4, 0.5) is 18.9 Å². The van der Waals surface area contributed by atoms with Gasteiger partial charge >= 0.3 is 12.1 Å². The van der Waals surface area contributed by atoms with Gasteiger partial charge in [-0.1, -0.05) is 35.9 Å². The summed E-state index contributed by atoms with van der Waals surface area (Å²) < 4.78 is 31.7. The van der Waals surface area contributed by atoms with E-state index in [4.69, 9.17) is 21.5 Å². The molecule has 3 N–H and O–H groups in total. The quantitative estimate of drug-likeness (QED) is 0.530. The molecule has 2 amide bonds. The number of rotatable bonds is 2. The van der Waals surface area contributed by atoms with Gasteiger partial charge in [0.15, 0.2) is 0 Å². The Morgan fingerprint density at radius 1 is 1.16 bits per heavy atom. The van der Waals surface area contributed by atoms with Crippen molar-refractivity contribution in [1.29, 1.82) is 0 Å². The standard InChI is InChI=1S/C19H14ClN3O2.C2HF3O2/c20-12-5-6-14-15(7-12)16(9-22-18(14)24)19(25)23-17-10-21-8-11-3-1-2-4-13(11)17;3-2(4,5)1(6)7/h1-8,10,16H,9H2,(H,22,24)(H,23,25);(H,6,7)/t16-;/m1./s1. The van der Waals surface area contributed by atoms with Crippen molar-refractivity contribution in [3.63, 3.8) is 0 Å². The van der Waals surface area contributed by atoms with Gasteiger partial charge in [0, 0.05) is 34.1 Å². The molecule has 2 heterocycles. The van der Waals surface area contributed by atoms with Crippen molar-refractivity contribution >= 4 is 45.8 Å². The maximum absolute atomic E-state index is 12.9. The van der Waals surface area contributed by atoms with Crippen LogP contribution in [-0.2, 0) is 9.59 Å². The number of anilines is 1. The van der Waals surface area contributed by atoms with Crippen molar-refractivity contribution in [2.45, 2.75) is 12.1 Å². The first-order valence-electron chi connectivity index (χ1n) is 9.09. The number of pyridine rings is 1. The number of amides is 2. The van der Waals surface area contributed by atoms with Crippen LogP contribution in [-0.4, -0.2) is 40.6 Å². The smallest absolute Gasteiger partial charge is 0.475 e. The minimum atomic E-state index is -5.08. The number of hydrogen-bond donors (Lipinski definition) is 3. The predicted octanol–water partition coefficient (Wildman–Crippen LogP) is 3.99. The SMILES string of the molecule is O=C(O)C(F)(F)F.O=C1NC[C@@H](C(=O)Nc2cncc3ccccc23)c2cc(Cl)ccc21. The number of carboxylic acid groups (broad SMARTS) is 1. The molecular formula is C21H15ClF3N3O4. The number of nitrogens with zero attached hydrogens (tertiary/aromatic N) is 1. The molecule has 0 saturated carbocycles. The molecule has 0 radical (unpaired) electrons. The van der Waals surface area contributed by atoms with E-state index >= 15 is 0 Å². The number of fused-ring (bicyclic) bond motifs is 2. The summed E-state index contributed by atoms with van der Waals surface area (Å²) in [6.07, 6.45) is -1.71. The molecule has 0 spiro atoms. The van der Waals surface area contributed by atoms with Crippen LogP contribution in [0.5, 0.6) is 0 Å². The van der Waals surface area contributed by atoms with Crippen LogP contribution in [0, 0.1) is 0 Å². The van der Waals surface area contributed by atoms with Gasteiger partial charge in [0.2, 0.25) is 5.91 Å². The highest BCUT2D eigenvalue weighted by molar-refractivity contribution is 6.30. The van der Waals surface area contributed by atoms with Gasteiger partial charge in [-0.15, -0.1) is 0 Å². The second-order valence-electron chi connectivity index (χ2n) is 6.69. The molecule has 0 saturated heterocycles. The zero-order valence-corrected chi connectivity index (χ0v) is 16.9. The molecule has 1 aromatic heterocycles. The molecule has 166 valence electrons. The molecule has 32 heavy (non-hydrogen) atoms. The average molecular weight is 466 g/mol. The van der Waals surface area contributed by atoms with E-state index in [9.17, 15) is 22.8 Å². The van der Waals surface area contributed by atoms with Crippen LogP contribution in [0.25, 0.3) is 10.8 Å². The minimum absolute atomic E-state index is 0.192. The van der Waals surface area contributed by atoms with Crippen LogP contribution < -0.4 is 10.6 Å². The van der Waals surface area contributed by atoms with Gasteiger partial charge in [-0.3, -0.25) is 14.6 Å². The van der Waals surface area contributed by atoms with E-state index in [1.165, 1.54) is 0 Å². The van der Waals surface area contributed by atoms with E-state index in [1.807, 2.05) is 24.3 Å². The molecule has 1 aliphatic heterocycles. The Kier molecular flexibility index (Phi) is 6.64. The molecule has 7 nitrogen and oxygen atoms in total. The van der Waals surface area contributed by atoms with E-state index in [0.29, 0.717) is 21.8 Å². The fourth-order valence-corrected chi connectivity index (χ4v) is 3.28. The summed E-state index contributed by atoms with van der Waals surface area (Å²) in [4.78, 5) is 37.9. The number of alkyl halides is 3. The van der Waals surface area contributed by atoms with Gasteiger partial charge in [-0.25, -0.2) is 4.79 Å². The first-order valence-corrected chi connectivity index (χ1v) is 9.47. The maximum atomic E-state index is 12.9. The summed E-state index contributed by atoms with van der Waals surface area (Å²) in [6, 6.07) is 12.7. The summed E-state index contributed by atoms with van der Waals surface area (Å²) in [7, 11) is 0. The molecule has 4 rings (SSSR count). The van der Waals surface area contributed by atoms with Gasteiger partial charge in [0.1, 0.15) is 0 Å². The monoisotopic (exact) mass is 465 g/mol. The molecule has 0 unspecified atom stereocenters. The molecule has 0 bridgehead atoms. The lowest BCUT2D eigenvalue weighted by Crippen LogP contribution is -2.40. The minimum Gasteiger partial charge on any atom is -0.475 e. The van der Waals surface area contributed by atoms with E-state index in [-0.39, 0.29) is 18.4 Å². The van der Waals surface area contributed by atoms with Gasteiger partial charge in [-0.05, 0) is 23.8 Å². The van der Waals surface area contributed by atoms with Gasteiger partial charge in [0.05, 0.1) is 17.8 Å². The molecule has 1 atom stereocenters. The van der Waals surface area contributed by atoms with Crippen molar-refractivity contribution in [2.24, 2.45) is 0 Å². The van der Waals surface area contributed by atoms with Gasteiger partial charge in [0.25, 0.3) is 5.91 Å². The molecule has 0 fully saturated rings. The highest BCUT2D eigenvalue weighted by Gasteiger charge is 2.38. The number of halogens is 4. The molecule has 1 aliphatic rings.